The summed E-state index contributed by atoms with van der Waals surface area (Å²) in [6.45, 7) is 6.59. The van der Waals surface area contributed by atoms with Crippen LogP contribution in [0.1, 0.15) is 33.6 Å². The highest BCUT2D eigenvalue weighted by molar-refractivity contribution is 5.75. The molecule has 6 atom stereocenters. The van der Waals surface area contributed by atoms with Gasteiger partial charge < -0.3 is 9.84 Å². The van der Waals surface area contributed by atoms with Crippen LogP contribution in [0.25, 0.3) is 0 Å². The number of fused-ring (bicyclic) bond motifs is 1. The number of hydrogen-bond donors (Lipinski definition) is 1. The minimum Gasteiger partial charge on any atom is -0.462 e. The minimum atomic E-state index is -0.0441. The van der Waals surface area contributed by atoms with Crippen molar-refractivity contribution in [2.75, 3.05) is 6.61 Å². The normalized spacial score (nSPS) is 47.6. The summed E-state index contributed by atoms with van der Waals surface area (Å²) in [5.41, 5.74) is 0. The topological polar surface area (TPSA) is 46.5 Å². The number of cyclic esters (lactones) is 1. The van der Waals surface area contributed by atoms with Crippen LogP contribution in [0.3, 0.4) is 0 Å². The molecule has 16 heavy (non-hydrogen) atoms. The largest absolute Gasteiger partial charge is 0.462 e. The van der Waals surface area contributed by atoms with E-state index in [1.54, 1.807) is 0 Å². The Morgan fingerprint density at radius 1 is 1.44 bits per heavy atom. The number of hydrogen-bond acceptors (Lipinski definition) is 3. The fraction of sp³-hybridized carbons (Fsp3) is 0.923. The van der Waals surface area contributed by atoms with E-state index in [1.165, 1.54) is 0 Å². The molecule has 3 heteroatoms. The molecule has 1 aliphatic heterocycles. The van der Waals surface area contributed by atoms with Crippen molar-refractivity contribution in [3.05, 3.63) is 0 Å². The summed E-state index contributed by atoms with van der Waals surface area (Å²) < 4.78 is 5.34. The van der Waals surface area contributed by atoms with Crippen LogP contribution in [0.2, 0.25) is 0 Å². The van der Waals surface area contributed by atoms with Gasteiger partial charge in [0.25, 0.3) is 0 Å². The molecule has 0 aromatic rings. The standard InChI is InChI=1S/C13H22O3/c1-4-10-7(2)12-8(3)16-13(15)11(12)5-9(10)6-14/h7-12,14H,4-6H2,1-3H3. The summed E-state index contributed by atoms with van der Waals surface area (Å²) in [7, 11) is 0. The highest BCUT2D eigenvalue weighted by Gasteiger charge is 2.52. The quantitative estimate of drug-likeness (QED) is 0.731. The van der Waals surface area contributed by atoms with Gasteiger partial charge in [0.15, 0.2) is 0 Å². The number of carbonyl (C=O) groups is 1. The number of ether oxygens (including phenoxy) is 1. The molecule has 0 aromatic carbocycles. The van der Waals surface area contributed by atoms with E-state index in [9.17, 15) is 9.90 Å². The molecule has 0 aromatic heterocycles. The fourth-order valence-corrected chi connectivity index (χ4v) is 4.01. The van der Waals surface area contributed by atoms with Crippen molar-refractivity contribution in [3.8, 4) is 0 Å². The maximum Gasteiger partial charge on any atom is 0.309 e. The van der Waals surface area contributed by atoms with Crippen molar-refractivity contribution < 1.29 is 14.6 Å². The molecule has 2 rings (SSSR count). The first-order chi connectivity index (χ1) is 7.60. The molecule has 2 fully saturated rings. The third kappa shape index (κ3) is 1.65. The van der Waals surface area contributed by atoms with Crippen LogP contribution in [-0.2, 0) is 9.53 Å². The Labute approximate surface area is 97.2 Å². The van der Waals surface area contributed by atoms with Gasteiger partial charge in [-0.25, -0.2) is 0 Å². The summed E-state index contributed by atoms with van der Waals surface area (Å²) in [5, 5.41) is 9.43. The summed E-state index contributed by atoms with van der Waals surface area (Å²) in [5.74, 6) is 1.63. The number of rotatable bonds is 2. The first kappa shape index (κ1) is 11.9. The maximum atomic E-state index is 11.7. The highest BCUT2D eigenvalue weighted by atomic mass is 16.6. The zero-order valence-corrected chi connectivity index (χ0v) is 10.3. The van der Waals surface area contributed by atoms with E-state index in [2.05, 4.69) is 13.8 Å². The van der Waals surface area contributed by atoms with E-state index in [4.69, 9.17) is 4.74 Å². The van der Waals surface area contributed by atoms with E-state index in [0.29, 0.717) is 17.8 Å². The SMILES string of the molecule is CCC1C(CO)CC2C(=O)OC(C)C2C1C. The van der Waals surface area contributed by atoms with Crippen molar-refractivity contribution in [2.24, 2.45) is 29.6 Å². The molecule has 0 spiro atoms. The Balaban J connectivity index is 2.22. The molecule has 6 unspecified atom stereocenters. The first-order valence-corrected chi connectivity index (χ1v) is 6.41. The van der Waals surface area contributed by atoms with Crippen molar-refractivity contribution in [1.29, 1.82) is 0 Å². The molecule has 2 aliphatic rings. The monoisotopic (exact) mass is 226 g/mol. The van der Waals surface area contributed by atoms with Gasteiger partial charge in [-0.15, -0.1) is 0 Å². The Morgan fingerprint density at radius 2 is 2.12 bits per heavy atom. The van der Waals surface area contributed by atoms with Gasteiger partial charge in [0.2, 0.25) is 0 Å². The second kappa shape index (κ2) is 4.36. The summed E-state index contributed by atoms with van der Waals surface area (Å²) in [6, 6.07) is 0. The fourth-order valence-electron chi connectivity index (χ4n) is 4.01. The van der Waals surface area contributed by atoms with E-state index in [-0.39, 0.29) is 30.5 Å². The molecule has 1 aliphatic carbocycles. The van der Waals surface area contributed by atoms with E-state index in [1.807, 2.05) is 6.92 Å². The molecule has 1 heterocycles. The molecule has 0 amide bonds. The molecule has 1 saturated carbocycles. The van der Waals surface area contributed by atoms with Gasteiger partial charge in [-0.2, -0.15) is 0 Å². The van der Waals surface area contributed by atoms with Crippen molar-refractivity contribution in [1.82, 2.24) is 0 Å². The lowest BCUT2D eigenvalue weighted by Crippen LogP contribution is -2.41. The van der Waals surface area contributed by atoms with Gasteiger partial charge >= 0.3 is 5.97 Å². The molecule has 92 valence electrons. The molecule has 1 N–H and O–H groups in total. The van der Waals surface area contributed by atoms with Gasteiger partial charge in [-0.1, -0.05) is 20.3 Å². The Hall–Kier alpha value is -0.570. The van der Waals surface area contributed by atoms with Gasteiger partial charge in [0.1, 0.15) is 6.10 Å². The number of aliphatic hydroxyl groups is 1. The molecule has 1 saturated heterocycles. The predicted molar refractivity (Wildman–Crippen MR) is 60.7 cm³/mol. The minimum absolute atomic E-state index is 0.0324. The van der Waals surface area contributed by atoms with E-state index < -0.39 is 0 Å². The van der Waals surface area contributed by atoms with Crippen LogP contribution >= 0.6 is 0 Å². The lowest BCUT2D eigenvalue weighted by atomic mass is 9.61. The van der Waals surface area contributed by atoms with Crippen LogP contribution in [0, 0.1) is 29.6 Å². The van der Waals surface area contributed by atoms with Gasteiger partial charge in [0.05, 0.1) is 5.92 Å². The van der Waals surface area contributed by atoms with Gasteiger partial charge in [-0.05, 0) is 31.1 Å². The lowest BCUT2D eigenvalue weighted by molar-refractivity contribution is -0.144. The predicted octanol–water partition coefficient (Wildman–Crippen LogP) is 1.84. The van der Waals surface area contributed by atoms with E-state index >= 15 is 0 Å². The first-order valence-electron chi connectivity index (χ1n) is 6.41. The third-order valence-corrected chi connectivity index (χ3v) is 4.76. The lowest BCUT2D eigenvalue weighted by Gasteiger charge is -2.42. The average molecular weight is 226 g/mol. The zero-order valence-electron chi connectivity index (χ0n) is 10.3. The molecule has 0 radical (unpaired) electrons. The van der Waals surface area contributed by atoms with Crippen LogP contribution in [0.15, 0.2) is 0 Å². The second-order valence-corrected chi connectivity index (χ2v) is 5.44. The summed E-state index contributed by atoms with van der Waals surface area (Å²) in [6.07, 6.45) is 1.95. The number of esters is 1. The number of carbonyl (C=O) groups excluding carboxylic acids is 1. The van der Waals surface area contributed by atoms with Gasteiger partial charge in [0, 0.05) is 12.5 Å². The van der Waals surface area contributed by atoms with Crippen LogP contribution < -0.4 is 0 Å². The van der Waals surface area contributed by atoms with Crippen molar-refractivity contribution in [3.63, 3.8) is 0 Å². The molecule has 0 bridgehead atoms. The highest BCUT2D eigenvalue weighted by Crippen LogP contribution is 2.49. The van der Waals surface area contributed by atoms with Crippen LogP contribution in [-0.4, -0.2) is 23.8 Å². The molecular formula is C13H22O3. The maximum absolute atomic E-state index is 11.7. The Bertz CT molecular complexity index is 276. The second-order valence-electron chi connectivity index (χ2n) is 5.44. The van der Waals surface area contributed by atoms with Crippen LogP contribution in [0.4, 0.5) is 0 Å². The molecule has 3 nitrogen and oxygen atoms in total. The Kier molecular flexibility index (Phi) is 3.24. The van der Waals surface area contributed by atoms with Crippen molar-refractivity contribution in [2.45, 2.75) is 39.7 Å². The summed E-state index contributed by atoms with van der Waals surface area (Å²) in [4.78, 5) is 11.7. The van der Waals surface area contributed by atoms with Gasteiger partial charge in [-0.3, -0.25) is 4.79 Å². The average Bonchev–Trinajstić information content (AvgIpc) is 2.54. The third-order valence-electron chi connectivity index (χ3n) is 4.76. The van der Waals surface area contributed by atoms with Crippen molar-refractivity contribution >= 4 is 5.97 Å². The smallest absolute Gasteiger partial charge is 0.309 e. The van der Waals surface area contributed by atoms with E-state index in [0.717, 1.165) is 12.8 Å². The summed E-state index contributed by atoms with van der Waals surface area (Å²) >= 11 is 0. The van der Waals surface area contributed by atoms with Crippen LogP contribution in [0.5, 0.6) is 0 Å². The Morgan fingerprint density at radius 3 is 2.69 bits per heavy atom. The zero-order chi connectivity index (χ0) is 11.9. The molecular weight excluding hydrogens is 204 g/mol. The number of aliphatic hydroxyl groups excluding tert-OH is 1.